The van der Waals surface area contributed by atoms with Crippen molar-refractivity contribution in [1.82, 2.24) is 20.2 Å². The van der Waals surface area contributed by atoms with Crippen molar-refractivity contribution in [3.05, 3.63) is 47.4 Å². The summed E-state index contributed by atoms with van der Waals surface area (Å²) >= 11 is 0. The number of nitrogens with zero attached hydrogens (tertiary/aromatic N) is 3. The van der Waals surface area contributed by atoms with Crippen molar-refractivity contribution in [2.75, 3.05) is 44.7 Å². The van der Waals surface area contributed by atoms with Crippen molar-refractivity contribution in [1.29, 1.82) is 0 Å². The Balaban J connectivity index is 1.58. The summed E-state index contributed by atoms with van der Waals surface area (Å²) in [5, 5.41) is 6.15. The third kappa shape index (κ3) is 5.24. The van der Waals surface area contributed by atoms with Gasteiger partial charge in [0.05, 0.1) is 13.2 Å². The predicted octanol–water partition coefficient (Wildman–Crippen LogP) is 1.90. The lowest BCUT2D eigenvalue weighted by Gasteiger charge is -2.26. The quantitative estimate of drug-likeness (QED) is 0.824. The Bertz CT molecular complexity index is 742. The van der Waals surface area contributed by atoms with E-state index in [1.54, 1.807) is 13.0 Å². The van der Waals surface area contributed by atoms with Crippen molar-refractivity contribution < 1.29 is 9.53 Å². The van der Waals surface area contributed by atoms with E-state index in [9.17, 15) is 4.79 Å². The molecule has 1 aliphatic rings. The number of rotatable bonds is 6. The van der Waals surface area contributed by atoms with Gasteiger partial charge in [0.15, 0.2) is 0 Å². The van der Waals surface area contributed by atoms with Crippen LogP contribution in [-0.2, 0) is 4.74 Å². The smallest absolute Gasteiger partial charge is 0.270 e. The summed E-state index contributed by atoms with van der Waals surface area (Å²) in [4.78, 5) is 23.3. The summed E-state index contributed by atoms with van der Waals surface area (Å²) in [5.74, 6) is 0.982. The Morgan fingerprint density at radius 2 is 1.88 bits per heavy atom. The van der Waals surface area contributed by atoms with Gasteiger partial charge in [-0.1, -0.05) is 17.7 Å². The zero-order chi connectivity index (χ0) is 18.4. The maximum atomic E-state index is 12.4. The number of carbonyl (C=O) groups excluding carboxylic acids is 1. The summed E-state index contributed by atoms with van der Waals surface area (Å²) in [6, 6.07) is 9.69. The average Bonchev–Trinajstić information content (AvgIpc) is 2.64. The molecule has 2 heterocycles. The molecule has 1 amide bonds. The molecule has 0 bridgehead atoms. The molecule has 1 aromatic heterocycles. The molecule has 26 heavy (non-hydrogen) atoms. The van der Waals surface area contributed by atoms with Gasteiger partial charge < -0.3 is 15.4 Å². The van der Waals surface area contributed by atoms with E-state index in [-0.39, 0.29) is 5.91 Å². The monoisotopic (exact) mass is 355 g/mol. The molecular formula is C19H25N5O2. The van der Waals surface area contributed by atoms with E-state index in [1.807, 2.05) is 31.2 Å². The van der Waals surface area contributed by atoms with Gasteiger partial charge in [-0.05, 0) is 26.0 Å². The standard InChI is InChI=1S/C19H25N5O2/c1-14-3-5-16(6-4-14)23-18-13-17(21-15(2)22-18)19(25)20-7-8-24-9-11-26-12-10-24/h3-6,13H,7-12H2,1-2H3,(H,20,25)(H,21,22,23). The summed E-state index contributed by atoms with van der Waals surface area (Å²) in [6.07, 6.45) is 0. The van der Waals surface area contributed by atoms with Crippen LogP contribution >= 0.6 is 0 Å². The van der Waals surface area contributed by atoms with Gasteiger partial charge in [-0.15, -0.1) is 0 Å². The highest BCUT2D eigenvalue weighted by atomic mass is 16.5. The molecule has 1 saturated heterocycles. The molecule has 7 heteroatoms. The SMILES string of the molecule is Cc1ccc(Nc2cc(C(=O)NCCN3CCOCC3)nc(C)n2)cc1. The largest absolute Gasteiger partial charge is 0.379 e. The van der Waals surface area contributed by atoms with Crippen molar-refractivity contribution in [2.45, 2.75) is 13.8 Å². The Hall–Kier alpha value is -2.51. The minimum atomic E-state index is -0.185. The lowest BCUT2D eigenvalue weighted by atomic mass is 10.2. The maximum Gasteiger partial charge on any atom is 0.270 e. The maximum absolute atomic E-state index is 12.4. The molecule has 0 unspecified atom stereocenters. The molecule has 2 N–H and O–H groups in total. The number of ether oxygens (including phenoxy) is 1. The van der Waals surface area contributed by atoms with Gasteiger partial charge in [-0.3, -0.25) is 9.69 Å². The van der Waals surface area contributed by atoms with Gasteiger partial charge in [0.2, 0.25) is 0 Å². The fraction of sp³-hybridized carbons (Fsp3) is 0.421. The van der Waals surface area contributed by atoms with Gasteiger partial charge in [-0.25, -0.2) is 9.97 Å². The van der Waals surface area contributed by atoms with Gasteiger partial charge in [-0.2, -0.15) is 0 Å². The highest BCUT2D eigenvalue weighted by Crippen LogP contribution is 2.16. The highest BCUT2D eigenvalue weighted by Gasteiger charge is 2.13. The van der Waals surface area contributed by atoms with Crippen molar-refractivity contribution in [2.24, 2.45) is 0 Å². The molecule has 3 rings (SSSR count). The number of anilines is 2. The van der Waals surface area contributed by atoms with E-state index in [0.29, 0.717) is 23.9 Å². The summed E-state index contributed by atoms with van der Waals surface area (Å²) in [7, 11) is 0. The van der Waals surface area contributed by atoms with Crippen LogP contribution in [0.3, 0.4) is 0 Å². The first-order chi connectivity index (χ1) is 12.6. The molecule has 0 saturated carbocycles. The Morgan fingerprint density at radius 3 is 2.62 bits per heavy atom. The number of benzene rings is 1. The first-order valence-electron chi connectivity index (χ1n) is 8.88. The summed E-state index contributed by atoms with van der Waals surface area (Å²) in [5.41, 5.74) is 2.48. The second kappa shape index (κ2) is 8.73. The van der Waals surface area contributed by atoms with Crippen molar-refractivity contribution >= 4 is 17.4 Å². The number of aromatic nitrogens is 2. The van der Waals surface area contributed by atoms with Crippen LogP contribution < -0.4 is 10.6 Å². The zero-order valence-corrected chi connectivity index (χ0v) is 15.3. The molecule has 0 atom stereocenters. The Morgan fingerprint density at radius 1 is 1.15 bits per heavy atom. The lowest BCUT2D eigenvalue weighted by molar-refractivity contribution is 0.0383. The van der Waals surface area contributed by atoms with E-state index >= 15 is 0 Å². The van der Waals surface area contributed by atoms with Crippen LogP contribution in [0.15, 0.2) is 30.3 Å². The zero-order valence-electron chi connectivity index (χ0n) is 15.3. The number of morpholine rings is 1. The second-order valence-corrected chi connectivity index (χ2v) is 6.39. The third-order valence-electron chi connectivity index (χ3n) is 4.21. The lowest BCUT2D eigenvalue weighted by Crippen LogP contribution is -2.41. The number of aryl methyl sites for hydroxylation is 2. The van der Waals surface area contributed by atoms with Crippen LogP contribution in [0.1, 0.15) is 21.9 Å². The number of carbonyl (C=O) groups is 1. The molecule has 0 aliphatic carbocycles. The highest BCUT2D eigenvalue weighted by molar-refractivity contribution is 5.93. The van der Waals surface area contributed by atoms with Crippen molar-refractivity contribution in [3.8, 4) is 0 Å². The van der Waals surface area contributed by atoms with Crippen LogP contribution in [0.5, 0.6) is 0 Å². The number of amides is 1. The number of hydrogen-bond acceptors (Lipinski definition) is 6. The molecule has 7 nitrogen and oxygen atoms in total. The Labute approximate surface area is 153 Å². The van der Waals surface area contributed by atoms with E-state index < -0.39 is 0 Å². The predicted molar refractivity (Wildman–Crippen MR) is 101 cm³/mol. The molecule has 0 spiro atoms. The van der Waals surface area contributed by atoms with Crippen LogP contribution in [0.2, 0.25) is 0 Å². The van der Waals surface area contributed by atoms with E-state index in [4.69, 9.17) is 4.74 Å². The van der Waals surface area contributed by atoms with Crippen molar-refractivity contribution in [3.63, 3.8) is 0 Å². The van der Waals surface area contributed by atoms with E-state index in [1.165, 1.54) is 5.56 Å². The normalized spacial score (nSPS) is 14.8. The molecule has 1 aliphatic heterocycles. The minimum Gasteiger partial charge on any atom is -0.379 e. The number of hydrogen-bond donors (Lipinski definition) is 2. The number of nitrogens with one attached hydrogen (secondary N) is 2. The molecule has 138 valence electrons. The minimum absolute atomic E-state index is 0.185. The van der Waals surface area contributed by atoms with Gasteiger partial charge >= 0.3 is 0 Å². The van der Waals surface area contributed by atoms with Crippen LogP contribution in [-0.4, -0.2) is 60.2 Å². The fourth-order valence-electron chi connectivity index (χ4n) is 2.78. The average molecular weight is 355 g/mol. The molecule has 1 fully saturated rings. The molecule has 1 aromatic carbocycles. The fourth-order valence-corrected chi connectivity index (χ4v) is 2.78. The first kappa shape index (κ1) is 18.3. The topological polar surface area (TPSA) is 79.4 Å². The van der Waals surface area contributed by atoms with Gasteiger partial charge in [0, 0.05) is 37.9 Å². The Kier molecular flexibility index (Phi) is 6.14. The molecule has 0 radical (unpaired) electrons. The molecule has 2 aromatic rings. The molecular weight excluding hydrogens is 330 g/mol. The van der Waals surface area contributed by atoms with Gasteiger partial charge in [0.1, 0.15) is 17.3 Å². The van der Waals surface area contributed by atoms with E-state index in [2.05, 4.69) is 25.5 Å². The van der Waals surface area contributed by atoms with Crippen LogP contribution in [0.4, 0.5) is 11.5 Å². The van der Waals surface area contributed by atoms with Gasteiger partial charge in [0.25, 0.3) is 5.91 Å². The third-order valence-corrected chi connectivity index (χ3v) is 4.21. The first-order valence-corrected chi connectivity index (χ1v) is 8.88. The summed E-state index contributed by atoms with van der Waals surface area (Å²) in [6.45, 7) is 8.56. The second-order valence-electron chi connectivity index (χ2n) is 6.39. The van der Waals surface area contributed by atoms with Crippen LogP contribution in [0.25, 0.3) is 0 Å². The van der Waals surface area contributed by atoms with E-state index in [0.717, 1.165) is 38.5 Å². The van der Waals surface area contributed by atoms with Crippen LogP contribution in [0, 0.1) is 13.8 Å². The summed E-state index contributed by atoms with van der Waals surface area (Å²) < 4.78 is 5.33.